The Morgan fingerprint density at radius 3 is 2.47 bits per heavy atom. The smallest absolute Gasteiger partial charge is 0.295 e. The molecule has 1 atom stereocenters. The van der Waals surface area contributed by atoms with Crippen molar-refractivity contribution >= 4 is 17.4 Å². The molecule has 0 saturated carbocycles. The third-order valence-corrected chi connectivity index (χ3v) is 5.64. The molecule has 0 bridgehead atoms. The van der Waals surface area contributed by atoms with E-state index in [2.05, 4.69) is 0 Å². The molecule has 1 unspecified atom stereocenters. The van der Waals surface area contributed by atoms with E-state index in [0.717, 1.165) is 5.56 Å². The molecule has 1 saturated heterocycles. The van der Waals surface area contributed by atoms with Crippen LogP contribution in [0.15, 0.2) is 48.0 Å². The zero-order valence-corrected chi connectivity index (χ0v) is 19.1. The number of hydrogen-bond acceptors (Lipinski definition) is 6. The summed E-state index contributed by atoms with van der Waals surface area (Å²) < 4.78 is 5.42. The van der Waals surface area contributed by atoms with E-state index in [4.69, 9.17) is 4.74 Å². The fourth-order valence-corrected chi connectivity index (χ4v) is 3.95. The molecule has 0 radical (unpaired) electrons. The number of nitrogens with zero attached hydrogens (tertiary/aromatic N) is 2. The van der Waals surface area contributed by atoms with E-state index >= 15 is 0 Å². The highest BCUT2D eigenvalue weighted by Gasteiger charge is 2.46. The van der Waals surface area contributed by atoms with Crippen molar-refractivity contribution in [2.24, 2.45) is 0 Å². The van der Waals surface area contributed by atoms with Crippen LogP contribution in [0, 0.1) is 0 Å². The predicted octanol–water partition coefficient (Wildman–Crippen LogP) is 3.51. The number of rotatable bonds is 7. The van der Waals surface area contributed by atoms with Crippen molar-refractivity contribution in [3.05, 3.63) is 64.7 Å². The molecule has 2 N–H and O–H groups in total. The molecule has 2 aromatic carbocycles. The number of amides is 1. The summed E-state index contributed by atoms with van der Waals surface area (Å²) in [6.07, 6.45) is 0. The maximum atomic E-state index is 13.1. The van der Waals surface area contributed by atoms with Gasteiger partial charge in [0.1, 0.15) is 17.3 Å². The van der Waals surface area contributed by atoms with Gasteiger partial charge in [-0.2, -0.15) is 0 Å². The second-order valence-electron chi connectivity index (χ2n) is 8.50. The van der Waals surface area contributed by atoms with E-state index < -0.39 is 17.7 Å². The first-order chi connectivity index (χ1) is 15.1. The molecule has 7 heteroatoms. The van der Waals surface area contributed by atoms with Crippen LogP contribution in [0.25, 0.3) is 5.76 Å². The number of likely N-dealkylation sites (N-methyl/N-ethyl adjacent to an activating group) is 1. The summed E-state index contributed by atoms with van der Waals surface area (Å²) in [6.45, 7) is 4.86. The van der Waals surface area contributed by atoms with E-state index in [-0.39, 0.29) is 23.0 Å². The van der Waals surface area contributed by atoms with Gasteiger partial charge < -0.3 is 24.7 Å². The predicted molar refractivity (Wildman–Crippen MR) is 123 cm³/mol. The lowest BCUT2D eigenvalue weighted by Gasteiger charge is -2.26. The van der Waals surface area contributed by atoms with Crippen LogP contribution in [-0.2, 0) is 9.59 Å². The molecule has 170 valence electrons. The number of phenols is 1. The van der Waals surface area contributed by atoms with Gasteiger partial charge in [-0.15, -0.1) is 0 Å². The Balaban J connectivity index is 2.18. The second kappa shape index (κ2) is 9.44. The summed E-state index contributed by atoms with van der Waals surface area (Å²) in [7, 11) is 5.34. The minimum atomic E-state index is -0.799. The van der Waals surface area contributed by atoms with Crippen molar-refractivity contribution in [1.29, 1.82) is 0 Å². The number of ether oxygens (including phenoxy) is 1. The number of ketones is 1. The van der Waals surface area contributed by atoms with Crippen molar-refractivity contribution in [3.63, 3.8) is 0 Å². The monoisotopic (exact) mass is 438 g/mol. The van der Waals surface area contributed by atoms with Crippen molar-refractivity contribution in [1.82, 2.24) is 9.80 Å². The van der Waals surface area contributed by atoms with E-state index in [1.165, 1.54) is 17.0 Å². The zero-order valence-electron chi connectivity index (χ0n) is 19.1. The molecule has 3 rings (SSSR count). The van der Waals surface area contributed by atoms with Crippen molar-refractivity contribution < 1.29 is 24.5 Å². The first kappa shape index (κ1) is 23.3. The number of carbonyl (C=O) groups excluding carboxylic acids is 2. The van der Waals surface area contributed by atoms with Crippen molar-refractivity contribution in [2.75, 3.05) is 34.3 Å². The van der Waals surface area contributed by atoms with Gasteiger partial charge >= 0.3 is 0 Å². The normalized spacial score (nSPS) is 18.1. The van der Waals surface area contributed by atoms with Gasteiger partial charge in [-0.25, -0.2) is 0 Å². The van der Waals surface area contributed by atoms with Crippen LogP contribution >= 0.6 is 0 Å². The molecular weight excluding hydrogens is 408 g/mol. The lowest BCUT2D eigenvalue weighted by molar-refractivity contribution is -0.140. The molecule has 1 amide bonds. The molecular formula is C25H30N2O5. The number of benzene rings is 2. The second-order valence-corrected chi connectivity index (χ2v) is 8.50. The molecule has 1 aliphatic heterocycles. The molecule has 0 aromatic heterocycles. The molecule has 2 aromatic rings. The van der Waals surface area contributed by atoms with E-state index in [9.17, 15) is 19.8 Å². The molecule has 1 heterocycles. The van der Waals surface area contributed by atoms with Crippen molar-refractivity contribution in [2.45, 2.75) is 25.8 Å². The maximum absolute atomic E-state index is 13.1. The fourth-order valence-electron chi connectivity index (χ4n) is 3.95. The van der Waals surface area contributed by atoms with Gasteiger partial charge in [-0.05, 0) is 61.5 Å². The third kappa shape index (κ3) is 4.48. The summed E-state index contributed by atoms with van der Waals surface area (Å²) in [5.74, 6) is -0.814. The summed E-state index contributed by atoms with van der Waals surface area (Å²) in [5.41, 5.74) is 1.89. The number of carbonyl (C=O) groups is 2. The van der Waals surface area contributed by atoms with Gasteiger partial charge in [0.2, 0.25) is 0 Å². The van der Waals surface area contributed by atoms with E-state index in [0.29, 0.717) is 30.0 Å². The average molecular weight is 439 g/mol. The number of aliphatic hydroxyl groups is 1. The first-order valence-corrected chi connectivity index (χ1v) is 10.6. The number of methoxy groups -OCH3 is 1. The summed E-state index contributed by atoms with van der Waals surface area (Å²) in [5, 5.41) is 21.3. The Labute approximate surface area is 188 Å². The third-order valence-electron chi connectivity index (χ3n) is 5.64. The first-order valence-electron chi connectivity index (χ1n) is 10.6. The van der Waals surface area contributed by atoms with Crippen molar-refractivity contribution in [3.8, 4) is 11.5 Å². The number of aliphatic hydroxyl groups excluding tert-OH is 1. The zero-order chi connectivity index (χ0) is 23.6. The van der Waals surface area contributed by atoms with Crippen LogP contribution in [0.5, 0.6) is 11.5 Å². The van der Waals surface area contributed by atoms with Gasteiger partial charge in [0.15, 0.2) is 0 Å². The SMILES string of the molecule is COc1ccc(/C(O)=C2/C(=O)C(=O)N(CCN(C)C)C2c2cccc(O)c2)cc1C(C)C. The molecule has 32 heavy (non-hydrogen) atoms. The summed E-state index contributed by atoms with van der Waals surface area (Å²) in [6, 6.07) is 10.8. The number of phenolic OH excluding ortho intramolecular Hbond substituents is 1. The molecule has 1 fully saturated rings. The molecule has 7 nitrogen and oxygen atoms in total. The lowest BCUT2D eigenvalue weighted by Crippen LogP contribution is -2.35. The highest BCUT2D eigenvalue weighted by atomic mass is 16.5. The standard InChI is InChI=1S/C25H30N2O5/c1-15(2)19-14-17(9-10-20(19)32-5)23(29)21-22(16-7-6-8-18(28)13-16)27(12-11-26(3)4)25(31)24(21)30/h6-10,13-15,22,28-29H,11-12H2,1-5H3/b23-21-. The number of hydrogen-bond donors (Lipinski definition) is 2. The van der Waals surface area contributed by atoms with Crippen LogP contribution in [0.1, 0.15) is 42.5 Å². The van der Waals surface area contributed by atoms with Crippen LogP contribution in [-0.4, -0.2) is 66.0 Å². The molecule has 0 spiro atoms. The Morgan fingerprint density at radius 1 is 1.16 bits per heavy atom. The number of likely N-dealkylation sites (tertiary alicyclic amines) is 1. The van der Waals surface area contributed by atoms with E-state index in [1.54, 1.807) is 37.4 Å². The Hall–Kier alpha value is -3.32. The highest BCUT2D eigenvalue weighted by molar-refractivity contribution is 6.46. The fraction of sp³-hybridized carbons (Fsp3) is 0.360. The topological polar surface area (TPSA) is 90.3 Å². The molecule has 1 aliphatic rings. The minimum Gasteiger partial charge on any atom is -0.508 e. The lowest BCUT2D eigenvalue weighted by atomic mass is 9.93. The maximum Gasteiger partial charge on any atom is 0.295 e. The highest BCUT2D eigenvalue weighted by Crippen LogP contribution is 2.40. The van der Waals surface area contributed by atoms with Crippen LogP contribution in [0.3, 0.4) is 0 Å². The Bertz CT molecular complexity index is 1060. The quantitative estimate of drug-likeness (QED) is 0.391. The Kier molecular flexibility index (Phi) is 6.89. The average Bonchev–Trinajstić information content (AvgIpc) is 3.01. The largest absolute Gasteiger partial charge is 0.508 e. The Morgan fingerprint density at radius 2 is 1.88 bits per heavy atom. The summed E-state index contributed by atoms with van der Waals surface area (Å²) in [4.78, 5) is 29.4. The van der Waals surface area contributed by atoms with Crippen LogP contribution in [0.2, 0.25) is 0 Å². The van der Waals surface area contributed by atoms with Gasteiger partial charge in [0, 0.05) is 18.7 Å². The minimum absolute atomic E-state index is 0.0132. The molecule has 0 aliphatic carbocycles. The van der Waals surface area contributed by atoms with Gasteiger partial charge in [0.05, 0.1) is 18.7 Å². The van der Waals surface area contributed by atoms with Gasteiger partial charge in [-0.1, -0.05) is 26.0 Å². The van der Waals surface area contributed by atoms with Crippen LogP contribution < -0.4 is 4.74 Å². The number of Topliss-reactive ketones (excluding diaryl/α,β-unsaturated/α-hetero) is 1. The van der Waals surface area contributed by atoms with Crippen LogP contribution in [0.4, 0.5) is 0 Å². The van der Waals surface area contributed by atoms with E-state index in [1.807, 2.05) is 32.8 Å². The van der Waals surface area contributed by atoms with Gasteiger partial charge in [0.25, 0.3) is 11.7 Å². The summed E-state index contributed by atoms with van der Waals surface area (Å²) >= 11 is 0. The number of aromatic hydroxyl groups is 1. The van der Waals surface area contributed by atoms with Gasteiger partial charge in [-0.3, -0.25) is 9.59 Å².